The van der Waals surface area contributed by atoms with Crippen LogP contribution in [0.15, 0.2) is 10.5 Å². The first-order chi connectivity index (χ1) is 9.44. The molecule has 5 nitrogen and oxygen atoms in total. The molecule has 5 heteroatoms. The van der Waals surface area contributed by atoms with E-state index in [1.54, 1.807) is 19.9 Å². The van der Waals surface area contributed by atoms with Crippen molar-refractivity contribution in [2.24, 2.45) is 5.41 Å². The average molecular weight is 279 g/mol. The van der Waals surface area contributed by atoms with Crippen LogP contribution in [-0.4, -0.2) is 23.5 Å². The number of aryl methyl sites for hydroxylation is 2. The summed E-state index contributed by atoms with van der Waals surface area (Å²) in [5.41, 5.74) is -0.0447. The van der Waals surface area contributed by atoms with E-state index >= 15 is 0 Å². The lowest BCUT2D eigenvalue weighted by atomic mass is 9.74. The first-order valence-corrected chi connectivity index (χ1v) is 7.03. The van der Waals surface area contributed by atoms with Crippen LogP contribution in [0.2, 0.25) is 0 Å². The summed E-state index contributed by atoms with van der Waals surface area (Å²) >= 11 is 0. The smallest absolute Gasteiger partial charge is 0.311 e. The van der Waals surface area contributed by atoms with Gasteiger partial charge < -0.3 is 14.8 Å². The molecule has 1 fully saturated rings. The summed E-state index contributed by atoms with van der Waals surface area (Å²) in [6.07, 6.45) is 4.12. The standard InChI is InChI=1S/C15H21NO4/c1-10-8-11(2)20-12(10)13(17)16-9-15(14(18)19)6-4-3-5-7-15/h8H,3-7,9H2,1-2H3,(H,16,17)(H,18,19). The number of carboxylic acids is 1. The number of aliphatic carboxylic acids is 1. The molecule has 2 N–H and O–H groups in total. The van der Waals surface area contributed by atoms with Crippen LogP contribution < -0.4 is 5.32 Å². The summed E-state index contributed by atoms with van der Waals surface area (Å²) in [6, 6.07) is 1.79. The number of nitrogens with one attached hydrogen (secondary N) is 1. The Morgan fingerprint density at radius 3 is 2.45 bits per heavy atom. The number of carbonyl (C=O) groups excluding carboxylic acids is 1. The third-order valence-electron chi connectivity index (χ3n) is 4.10. The van der Waals surface area contributed by atoms with Crippen molar-refractivity contribution < 1.29 is 19.1 Å². The third-order valence-corrected chi connectivity index (χ3v) is 4.10. The highest BCUT2D eigenvalue weighted by Crippen LogP contribution is 2.36. The Bertz CT molecular complexity index is 512. The maximum atomic E-state index is 12.1. The van der Waals surface area contributed by atoms with Gasteiger partial charge in [0.2, 0.25) is 0 Å². The molecule has 0 bridgehead atoms. The molecular formula is C15H21NO4. The molecule has 1 amide bonds. The number of amides is 1. The van der Waals surface area contributed by atoms with Gasteiger partial charge in [0.1, 0.15) is 5.76 Å². The summed E-state index contributed by atoms with van der Waals surface area (Å²) in [7, 11) is 0. The van der Waals surface area contributed by atoms with Gasteiger partial charge in [-0.1, -0.05) is 19.3 Å². The molecular weight excluding hydrogens is 258 g/mol. The highest BCUT2D eigenvalue weighted by atomic mass is 16.4. The predicted octanol–water partition coefficient (Wildman–Crippen LogP) is 2.66. The van der Waals surface area contributed by atoms with E-state index in [4.69, 9.17) is 4.42 Å². The van der Waals surface area contributed by atoms with Gasteiger partial charge in [0.25, 0.3) is 5.91 Å². The molecule has 1 aromatic heterocycles. The molecule has 0 radical (unpaired) electrons. The van der Waals surface area contributed by atoms with Crippen molar-refractivity contribution >= 4 is 11.9 Å². The monoisotopic (exact) mass is 279 g/mol. The van der Waals surface area contributed by atoms with Gasteiger partial charge in [0.05, 0.1) is 5.41 Å². The molecule has 20 heavy (non-hydrogen) atoms. The number of hydrogen-bond donors (Lipinski definition) is 2. The van der Waals surface area contributed by atoms with Gasteiger partial charge in [-0.2, -0.15) is 0 Å². The molecule has 0 spiro atoms. The lowest BCUT2D eigenvalue weighted by molar-refractivity contribution is -0.150. The molecule has 1 heterocycles. The SMILES string of the molecule is Cc1cc(C)c(C(=O)NCC2(C(=O)O)CCCCC2)o1. The van der Waals surface area contributed by atoms with Crippen molar-refractivity contribution in [3.63, 3.8) is 0 Å². The zero-order valence-corrected chi connectivity index (χ0v) is 12.0. The minimum Gasteiger partial charge on any atom is -0.481 e. The molecule has 1 aliphatic carbocycles. The average Bonchev–Trinajstić information content (AvgIpc) is 2.76. The largest absolute Gasteiger partial charge is 0.481 e. The minimum absolute atomic E-state index is 0.167. The maximum Gasteiger partial charge on any atom is 0.311 e. The van der Waals surface area contributed by atoms with Crippen molar-refractivity contribution in [1.29, 1.82) is 0 Å². The molecule has 110 valence electrons. The molecule has 1 saturated carbocycles. The van der Waals surface area contributed by atoms with Gasteiger partial charge in [-0.3, -0.25) is 9.59 Å². The van der Waals surface area contributed by atoms with Crippen LogP contribution in [0.5, 0.6) is 0 Å². The van der Waals surface area contributed by atoms with Crippen molar-refractivity contribution in [2.75, 3.05) is 6.54 Å². The number of furan rings is 1. The maximum absolute atomic E-state index is 12.1. The highest BCUT2D eigenvalue weighted by Gasteiger charge is 2.40. The molecule has 0 atom stereocenters. The van der Waals surface area contributed by atoms with E-state index in [1.165, 1.54) is 0 Å². The van der Waals surface area contributed by atoms with E-state index in [9.17, 15) is 14.7 Å². The van der Waals surface area contributed by atoms with E-state index in [2.05, 4.69) is 5.32 Å². The van der Waals surface area contributed by atoms with Crippen LogP contribution >= 0.6 is 0 Å². The molecule has 1 aliphatic rings. The number of carboxylic acid groups (broad SMARTS) is 1. The van der Waals surface area contributed by atoms with Crippen molar-refractivity contribution in [3.8, 4) is 0 Å². The molecule has 1 aromatic rings. The van der Waals surface area contributed by atoms with Crippen LogP contribution in [0.3, 0.4) is 0 Å². The number of rotatable bonds is 4. The second kappa shape index (κ2) is 5.69. The third kappa shape index (κ3) is 2.86. The van der Waals surface area contributed by atoms with E-state index < -0.39 is 11.4 Å². The van der Waals surface area contributed by atoms with Crippen LogP contribution in [0, 0.1) is 19.3 Å². The second-order valence-electron chi connectivity index (χ2n) is 5.70. The lowest BCUT2D eigenvalue weighted by Gasteiger charge is -2.33. The van der Waals surface area contributed by atoms with Gasteiger partial charge in [-0.15, -0.1) is 0 Å². The van der Waals surface area contributed by atoms with E-state index in [1.807, 2.05) is 0 Å². The highest BCUT2D eigenvalue weighted by molar-refractivity contribution is 5.93. The van der Waals surface area contributed by atoms with Crippen LogP contribution in [0.1, 0.15) is 54.0 Å². The first-order valence-electron chi connectivity index (χ1n) is 7.03. The first kappa shape index (κ1) is 14.6. The quantitative estimate of drug-likeness (QED) is 0.888. The fourth-order valence-electron chi connectivity index (χ4n) is 2.89. The van der Waals surface area contributed by atoms with Gasteiger partial charge in [0, 0.05) is 12.1 Å². The Balaban J connectivity index is 2.04. The molecule has 0 aliphatic heterocycles. The van der Waals surface area contributed by atoms with Gasteiger partial charge >= 0.3 is 5.97 Å². The summed E-state index contributed by atoms with van der Waals surface area (Å²) in [5, 5.41) is 12.2. The lowest BCUT2D eigenvalue weighted by Crippen LogP contribution is -2.44. The summed E-state index contributed by atoms with van der Waals surface area (Å²) in [5.74, 6) is -0.191. The fraction of sp³-hybridized carbons (Fsp3) is 0.600. The number of hydrogen-bond acceptors (Lipinski definition) is 3. The van der Waals surface area contributed by atoms with Crippen molar-refractivity contribution in [3.05, 3.63) is 23.2 Å². The van der Waals surface area contributed by atoms with Crippen LogP contribution in [0.4, 0.5) is 0 Å². The molecule has 2 rings (SSSR count). The molecule has 0 saturated heterocycles. The normalized spacial score (nSPS) is 17.7. The molecule has 0 unspecified atom stereocenters. The minimum atomic E-state index is -0.816. The molecule has 0 aromatic carbocycles. The Hall–Kier alpha value is -1.78. The fourth-order valence-corrected chi connectivity index (χ4v) is 2.89. The second-order valence-corrected chi connectivity index (χ2v) is 5.70. The van der Waals surface area contributed by atoms with Crippen molar-refractivity contribution in [1.82, 2.24) is 5.32 Å². The summed E-state index contributed by atoms with van der Waals surface area (Å²) in [6.45, 7) is 3.75. The Morgan fingerprint density at radius 2 is 1.95 bits per heavy atom. The van der Waals surface area contributed by atoms with E-state index in [-0.39, 0.29) is 18.2 Å². The Morgan fingerprint density at radius 1 is 1.30 bits per heavy atom. The summed E-state index contributed by atoms with van der Waals surface area (Å²) < 4.78 is 5.35. The Labute approximate surface area is 118 Å². The van der Waals surface area contributed by atoms with Crippen LogP contribution in [-0.2, 0) is 4.79 Å². The van der Waals surface area contributed by atoms with E-state index in [0.717, 1.165) is 24.8 Å². The Kier molecular flexibility index (Phi) is 4.16. The summed E-state index contributed by atoms with van der Waals surface area (Å²) in [4.78, 5) is 23.6. The van der Waals surface area contributed by atoms with E-state index in [0.29, 0.717) is 18.6 Å². The van der Waals surface area contributed by atoms with Gasteiger partial charge in [-0.25, -0.2) is 0 Å². The zero-order chi connectivity index (χ0) is 14.8. The van der Waals surface area contributed by atoms with Crippen molar-refractivity contribution in [2.45, 2.75) is 46.0 Å². The van der Waals surface area contributed by atoms with Crippen LogP contribution in [0.25, 0.3) is 0 Å². The van der Waals surface area contributed by atoms with Gasteiger partial charge in [-0.05, 0) is 32.8 Å². The zero-order valence-electron chi connectivity index (χ0n) is 12.0. The topological polar surface area (TPSA) is 79.5 Å². The van der Waals surface area contributed by atoms with Gasteiger partial charge in [0.15, 0.2) is 5.76 Å². The number of carbonyl (C=O) groups is 2. The predicted molar refractivity (Wildman–Crippen MR) is 73.7 cm³/mol.